The van der Waals surface area contributed by atoms with Crippen LogP contribution in [0.3, 0.4) is 0 Å². The minimum atomic E-state index is 0.0656. The summed E-state index contributed by atoms with van der Waals surface area (Å²) in [5.74, 6) is 1.21. The second-order valence-corrected chi connectivity index (χ2v) is 8.84. The van der Waals surface area contributed by atoms with Crippen molar-refractivity contribution < 1.29 is 9.53 Å². The van der Waals surface area contributed by atoms with Crippen molar-refractivity contribution >= 4 is 22.9 Å². The average Bonchev–Trinajstić information content (AvgIpc) is 3.42. The fourth-order valence-corrected chi connectivity index (χ4v) is 4.67. The summed E-state index contributed by atoms with van der Waals surface area (Å²) in [7, 11) is 0. The molecular formula is C25H30N4O2. The number of imidazole rings is 1. The van der Waals surface area contributed by atoms with E-state index in [2.05, 4.69) is 65.0 Å². The van der Waals surface area contributed by atoms with Crippen LogP contribution in [-0.2, 0) is 9.53 Å². The quantitative estimate of drug-likeness (QED) is 0.701. The normalized spacial score (nSPS) is 19.8. The lowest BCUT2D eigenvalue weighted by atomic mass is 9.95. The lowest BCUT2D eigenvalue weighted by molar-refractivity contribution is -0.126. The molecule has 0 radical (unpaired) electrons. The first-order chi connectivity index (χ1) is 15.1. The van der Waals surface area contributed by atoms with Gasteiger partial charge in [0.05, 0.1) is 23.7 Å². The summed E-state index contributed by atoms with van der Waals surface area (Å²) in [5, 5.41) is 3.17. The maximum Gasteiger partial charge on any atom is 0.223 e. The maximum atomic E-state index is 12.7. The van der Waals surface area contributed by atoms with Crippen LogP contribution in [0.2, 0.25) is 0 Å². The summed E-state index contributed by atoms with van der Waals surface area (Å²) < 4.78 is 7.65. The van der Waals surface area contributed by atoms with Crippen LogP contribution in [0.15, 0.2) is 42.5 Å². The molecule has 31 heavy (non-hydrogen) atoms. The molecule has 6 heteroatoms. The van der Waals surface area contributed by atoms with Crippen molar-refractivity contribution in [1.29, 1.82) is 0 Å². The predicted molar refractivity (Wildman–Crippen MR) is 123 cm³/mol. The number of benzene rings is 2. The van der Waals surface area contributed by atoms with Gasteiger partial charge >= 0.3 is 0 Å². The number of fused-ring (bicyclic) bond motifs is 1. The zero-order chi connectivity index (χ0) is 21.4. The predicted octanol–water partition coefficient (Wildman–Crippen LogP) is 3.76. The molecule has 162 valence electrons. The van der Waals surface area contributed by atoms with Crippen molar-refractivity contribution in [3.05, 3.63) is 53.6 Å². The Balaban J connectivity index is 1.41. The molecule has 0 bridgehead atoms. The second kappa shape index (κ2) is 8.35. The number of carbonyl (C=O) groups excluding carboxylic acids is 1. The van der Waals surface area contributed by atoms with E-state index in [1.807, 2.05) is 6.07 Å². The van der Waals surface area contributed by atoms with E-state index in [1.54, 1.807) is 0 Å². The fourth-order valence-electron chi connectivity index (χ4n) is 4.67. The van der Waals surface area contributed by atoms with Gasteiger partial charge in [0.15, 0.2) is 0 Å². The minimum absolute atomic E-state index is 0.0656. The highest BCUT2D eigenvalue weighted by molar-refractivity contribution is 5.83. The molecule has 2 saturated heterocycles. The molecule has 1 amide bonds. The van der Waals surface area contributed by atoms with E-state index in [0.717, 1.165) is 61.6 Å². The summed E-state index contributed by atoms with van der Waals surface area (Å²) in [6.07, 6.45) is 2.61. The number of piperidine rings is 1. The topological polar surface area (TPSA) is 59.4 Å². The van der Waals surface area contributed by atoms with Gasteiger partial charge < -0.3 is 15.0 Å². The van der Waals surface area contributed by atoms with Gasteiger partial charge in [-0.1, -0.05) is 18.2 Å². The highest BCUT2D eigenvalue weighted by Crippen LogP contribution is 2.31. The third kappa shape index (κ3) is 3.92. The van der Waals surface area contributed by atoms with Crippen molar-refractivity contribution in [2.24, 2.45) is 5.92 Å². The van der Waals surface area contributed by atoms with Crippen LogP contribution in [-0.4, -0.2) is 47.8 Å². The van der Waals surface area contributed by atoms with E-state index < -0.39 is 0 Å². The van der Waals surface area contributed by atoms with Gasteiger partial charge in [-0.15, -0.1) is 0 Å². The van der Waals surface area contributed by atoms with Crippen LogP contribution < -0.4 is 10.2 Å². The molecule has 3 heterocycles. The lowest BCUT2D eigenvalue weighted by Crippen LogP contribution is -2.44. The van der Waals surface area contributed by atoms with E-state index in [0.29, 0.717) is 6.61 Å². The van der Waals surface area contributed by atoms with Gasteiger partial charge in [0, 0.05) is 31.3 Å². The molecule has 0 saturated carbocycles. The zero-order valence-electron chi connectivity index (χ0n) is 18.3. The average molecular weight is 419 g/mol. The molecule has 0 spiro atoms. The van der Waals surface area contributed by atoms with Crippen molar-refractivity contribution in [3.63, 3.8) is 0 Å². The van der Waals surface area contributed by atoms with Crippen LogP contribution in [0.1, 0.15) is 30.4 Å². The van der Waals surface area contributed by atoms with Gasteiger partial charge in [-0.2, -0.15) is 0 Å². The monoisotopic (exact) mass is 418 g/mol. The van der Waals surface area contributed by atoms with Crippen LogP contribution in [0, 0.1) is 19.8 Å². The Morgan fingerprint density at radius 2 is 1.81 bits per heavy atom. The van der Waals surface area contributed by atoms with Crippen LogP contribution in [0.25, 0.3) is 16.7 Å². The summed E-state index contributed by atoms with van der Waals surface area (Å²) in [4.78, 5) is 20.1. The summed E-state index contributed by atoms with van der Waals surface area (Å²) >= 11 is 0. The molecule has 2 aliphatic heterocycles. The first-order valence-electron chi connectivity index (χ1n) is 11.3. The Bertz CT molecular complexity index is 1080. The number of para-hydroxylation sites is 1. The van der Waals surface area contributed by atoms with Crippen molar-refractivity contribution in [2.45, 2.75) is 39.2 Å². The number of nitrogens with zero attached hydrogens (tertiary/aromatic N) is 3. The number of rotatable bonds is 4. The van der Waals surface area contributed by atoms with Gasteiger partial charge in [0.25, 0.3) is 0 Å². The molecular weight excluding hydrogens is 388 g/mol. The Kier molecular flexibility index (Phi) is 5.40. The third-order valence-corrected chi connectivity index (χ3v) is 6.69. The van der Waals surface area contributed by atoms with E-state index in [-0.39, 0.29) is 17.9 Å². The molecule has 1 aromatic heterocycles. The smallest absolute Gasteiger partial charge is 0.223 e. The Labute approximate surface area is 183 Å². The minimum Gasteiger partial charge on any atom is -0.379 e. The Morgan fingerprint density at radius 3 is 2.52 bits per heavy atom. The van der Waals surface area contributed by atoms with E-state index in [9.17, 15) is 4.79 Å². The van der Waals surface area contributed by atoms with Crippen LogP contribution in [0.4, 0.5) is 5.95 Å². The number of ether oxygens (including phenoxy) is 1. The number of amides is 1. The molecule has 0 aliphatic carbocycles. The van der Waals surface area contributed by atoms with Gasteiger partial charge in [-0.3, -0.25) is 9.36 Å². The van der Waals surface area contributed by atoms with Gasteiger partial charge in [0.2, 0.25) is 11.9 Å². The number of aryl methyl sites for hydroxylation is 2. The number of aromatic nitrogens is 2. The molecule has 0 unspecified atom stereocenters. The SMILES string of the molecule is Cc1cc2nc(N3CCC(C(=O)N[C@@H]4CCOC4)CC3)n(-c3ccccc3)c2cc1C. The first-order valence-corrected chi connectivity index (χ1v) is 11.3. The third-order valence-electron chi connectivity index (χ3n) is 6.69. The van der Waals surface area contributed by atoms with Crippen LogP contribution >= 0.6 is 0 Å². The van der Waals surface area contributed by atoms with Crippen molar-refractivity contribution in [1.82, 2.24) is 14.9 Å². The molecule has 6 nitrogen and oxygen atoms in total. The summed E-state index contributed by atoms with van der Waals surface area (Å²) in [5.41, 5.74) is 5.78. The molecule has 2 aliphatic rings. The first kappa shape index (κ1) is 20.1. The highest BCUT2D eigenvalue weighted by Gasteiger charge is 2.30. The second-order valence-electron chi connectivity index (χ2n) is 8.84. The van der Waals surface area contributed by atoms with Gasteiger partial charge in [-0.05, 0) is 68.5 Å². The van der Waals surface area contributed by atoms with Crippen LogP contribution in [0.5, 0.6) is 0 Å². The molecule has 5 rings (SSSR count). The number of carbonyl (C=O) groups is 1. The zero-order valence-corrected chi connectivity index (χ0v) is 18.3. The van der Waals surface area contributed by atoms with E-state index in [4.69, 9.17) is 9.72 Å². The molecule has 1 N–H and O–H groups in total. The Morgan fingerprint density at radius 1 is 1.06 bits per heavy atom. The van der Waals surface area contributed by atoms with Crippen molar-refractivity contribution in [2.75, 3.05) is 31.2 Å². The van der Waals surface area contributed by atoms with Gasteiger partial charge in [-0.25, -0.2) is 4.98 Å². The molecule has 2 aromatic carbocycles. The van der Waals surface area contributed by atoms with Crippen molar-refractivity contribution in [3.8, 4) is 5.69 Å². The van der Waals surface area contributed by atoms with E-state index in [1.165, 1.54) is 11.1 Å². The summed E-state index contributed by atoms with van der Waals surface area (Å²) in [6.45, 7) is 7.33. The molecule has 3 aromatic rings. The number of anilines is 1. The standard InChI is InChI=1S/C25H30N4O2/c1-17-14-22-23(15-18(17)2)29(21-6-4-3-5-7-21)25(27-22)28-11-8-19(9-12-28)24(30)26-20-10-13-31-16-20/h3-7,14-15,19-20H,8-13,16H2,1-2H3,(H,26,30)/t20-/m1/s1. The number of hydrogen-bond acceptors (Lipinski definition) is 4. The van der Waals surface area contributed by atoms with Gasteiger partial charge in [0.1, 0.15) is 0 Å². The molecule has 1 atom stereocenters. The van der Waals surface area contributed by atoms with E-state index >= 15 is 0 Å². The fraction of sp³-hybridized carbons (Fsp3) is 0.440. The number of hydrogen-bond donors (Lipinski definition) is 1. The lowest BCUT2D eigenvalue weighted by Gasteiger charge is -2.32. The largest absolute Gasteiger partial charge is 0.379 e. The maximum absolute atomic E-state index is 12.7. The number of nitrogens with one attached hydrogen (secondary N) is 1. The summed E-state index contributed by atoms with van der Waals surface area (Å²) in [6, 6.07) is 15.0. The Hall–Kier alpha value is -2.86. The highest BCUT2D eigenvalue weighted by atomic mass is 16.5. The molecule has 2 fully saturated rings.